The minimum Gasteiger partial charge on any atom is -0.548 e. The molecule has 35 heavy (non-hydrogen) atoms. The molecule has 0 bridgehead atoms. The molecular weight excluding hydrogens is 477 g/mol. The molecule has 5 nitrogen and oxygen atoms in total. The molecule has 3 aromatic carbocycles. The summed E-state index contributed by atoms with van der Waals surface area (Å²) in [5, 5.41) is 14.8. The summed E-state index contributed by atoms with van der Waals surface area (Å²) in [5.41, 5.74) is 4.91. The Labute approximate surface area is 227 Å². The van der Waals surface area contributed by atoms with Crippen LogP contribution in [0.3, 0.4) is 0 Å². The minimum atomic E-state index is -1.29. The minimum absolute atomic E-state index is 0. The molecular formula is C27H27ClLiNO4S. The van der Waals surface area contributed by atoms with Gasteiger partial charge in [-0.1, -0.05) is 54.1 Å². The van der Waals surface area contributed by atoms with E-state index in [9.17, 15) is 14.7 Å². The van der Waals surface area contributed by atoms with Crippen molar-refractivity contribution in [1.29, 1.82) is 0 Å². The van der Waals surface area contributed by atoms with Gasteiger partial charge in [0.05, 0.1) is 25.2 Å². The predicted molar refractivity (Wildman–Crippen MR) is 136 cm³/mol. The number of carboxylic acid groups (broad SMARTS) is 1. The van der Waals surface area contributed by atoms with E-state index in [1.54, 1.807) is 6.07 Å². The molecule has 0 aromatic heterocycles. The van der Waals surface area contributed by atoms with Crippen molar-refractivity contribution in [3.05, 3.63) is 94.0 Å². The summed E-state index contributed by atoms with van der Waals surface area (Å²) in [6.07, 6.45) is 2.18. The van der Waals surface area contributed by atoms with Gasteiger partial charge in [0.15, 0.2) is 0 Å². The molecule has 1 amide bonds. The number of carbonyl (C=O) groups excluding carboxylic acids is 2. The summed E-state index contributed by atoms with van der Waals surface area (Å²) in [5.74, 6) is -1.13. The summed E-state index contributed by atoms with van der Waals surface area (Å²) in [6, 6.07) is 19.7. The first-order valence-corrected chi connectivity index (χ1v) is 12.7. The zero-order valence-electron chi connectivity index (χ0n) is 20.2. The summed E-state index contributed by atoms with van der Waals surface area (Å²) in [6.45, 7) is 2.73. The van der Waals surface area contributed by atoms with E-state index in [0.29, 0.717) is 36.0 Å². The van der Waals surface area contributed by atoms with Crippen molar-refractivity contribution in [2.75, 3.05) is 12.0 Å². The maximum Gasteiger partial charge on any atom is 1.00 e. The average Bonchev–Trinajstić information content (AvgIpc) is 2.82. The van der Waals surface area contributed by atoms with Gasteiger partial charge in [-0.25, -0.2) is 0 Å². The second-order valence-corrected chi connectivity index (χ2v) is 9.37. The first-order valence-electron chi connectivity index (χ1n) is 10.9. The van der Waals surface area contributed by atoms with E-state index in [-0.39, 0.29) is 18.9 Å². The molecule has 0 radical (unpaired) electrons. The number of carbonyl (C=O) groups is 2. The Kier molecular flexibility index (Phi) is 11.9. The molecule has 0 spiro atoms. The van der Waals surface area contributed by atoms with Crippen LogP contribution >= 0.6 is 23.4 Å². The van der Waals surface area contributed by atoms with Crippen LogP contribution in [-0.4, -0.2) is 29.9 Å². The zero-order valence-corrected chi connectivity index (χ0v) is 21.7. The fourth-order valence-electron chi connectivity index (χ4n) is 3.61. The summed E-state index contributed by atoms with van der Waals surface area (Å²) < 4.78 is 5.88. The van der Waals surface area contributed by atoms with Crippen molar-refractivity contribution in [3.8, 4) is 11.1 Å². The zero-order chi connectivity index (χ0) is 24.5. The number of aryl methyl sites for hydroxylation is 1. The second-order valence-electron chi connectivity index (χ2n) is 7.94. The van der Waals surface area contributed by atoms with Crippen LogP contribution < -0.4 is 29.3 Å². The molecule has 0 aliphatic heterocycles. The van der Waals surface area contributed by atoms with Crippen molar-refractivity contribution in [1.82, 2.24) is 5.32 Å². The smallest absolute Gasteiger partial charge is 0.548 e. The van der Waals surface area contributed by atoms with Crippen LogP contribution in [0, 0.1) is 6.92 Å². The summed E-state index contributed by atoms with van der Waals surface area (Å²) >= 11 is 7.56. The average molecular weight is 504 g/mol. The Morgan fingerprint density at radius 1 is 1.00 bits per heavy atom. The topological polar surface area (TPSA) is 78.5 Å². The van der Waals surface area contributed by atoms with E-state index in [4.69, 9.17) is 16.3 Å². The number of ether oxygens (including phenoxy) is 1. The number of rotatable bonds is 11. The van der Waals surface area contributed by atoms with Gasteiger partial charge in [-0.3, -0.25) is 4.79 Å². The molecule has 0 fully saturated rings. The first-order chi connectivity index (χ1) is 16.4. The van der Waals surface area contributed by atoms with Gasteiger partial charge in [-0.2, -0.15) is 11.8 Å². The largest absolute Gasteiger partial charge is 1.00 e. The van der Waals surface area contributed by atoms with Crippen LogP contribution in [0.15, 0.2) is 66.7 Å². The predicted octanol–water partition coefficient (Wildman–Crippen LogP) is 1.64. The van der Waals surface area contributed by atoms with E-state index in [1.807, 2.05) is 73.8 Å². The van der Waals surface area contributed by atoms with Crippen LogP contribution in [-0.2, 0) is 22.7 Å². The molecule has 8 heteroatoms. The number of benzene rings is 3. The third-order valence-electron chi connectivity index (χ3n) is 5.39. The van der Waals surface area contributed by atoms with Crippen molar-refractivity contribution < 1.29 is 38.3 Å². The molecule has 1 atom stereocenters. The third-order valence-corrected chi connectivity index (χ3v) is 6.27. The Morgan fingerprint density at radius 2 is 1.71 bits per heavy atom. The van der Waals surface area contributed by atoms with E-state index in [0.717, 1.165) is 27.8 Å². The SMILES string of the molecule is CSCC[C@H](NC(=O)c1ccc(COCc2cccc(Cl)c2)cc1-c1ccccc1C)C(=O)[O-].[Li+]. The van der Waals surface area contributed by atoms with Gasteiger partial charge < -0.3 is 20.0 Å². The first kappa shape index (κ1) is 29.0. The number of halogens is 1. The Hall–Kier alpha value is -2.20. The fraction of sp³-hybridized carbons (Fsp3) is 0.259. The van der Waals surface area contributed by atoms with Crippen LogP contribution in [0.25, 0.3) is 11.1 Å². The standard InChI is InChI=1S/C27H28ClNO4S.Li/c1-18-6-3-4-9-22(18)24-15-20(17-33-16-19-7-5-8-21(28)14-19)10-11-23(24)26(30)29-25(27(31)32)12-13-34-2;/h3-11,14-15,25H,12-13,16-17H2,1-2H3,(H,29,30)(H,31,32);/q;+1/p-1/t25-;/m0./s1. The number of hydrogen-bond acceptors (Lipinski definition) is 5. The molecule has 3 rings (SSSR count). The van der Waals surface area contributed by atoms with Gasteiger partial charge in [-0.05, 0) is 77.4 Å². The van der Waals surface area contributed by atoms with E-state index in [2.05, 4.69) is 5.32 Å². The maximum absolute atomic E-state index is 13.1. The molecule has 1 N–H and O–H groups in total. The second kappa shape index (κ2) is 14.4. The van der Waals surface area contributed by atoms with Gasteiger partial charge in [-0.15, -0.1) is 0 Å². The number of hydrogen-bond donors (Lipinski definition) is 1. The van der Waals surface area contributed by atoms with Crippen LogP contribution in [0.5, 0.6) is 0 Å². The number of amides is 1. The number of aliphatic carboxylic acids is 1. The number of carboxylic acids is 1. The Morgan fingerprint density at radius 3 is 2.37 bits per heavy atom. The molecule has 0 unspecified atom stereocenters. The molecule has 0 saturated heterocycles. The molecule has 178 valence electrons. The fourth-order valence-corrected chi connectivity index (χ4v) is 4.30. The quantitative estimate of drug-likeness (QED) is 0.402. The van der Waals surface area contributed by atoms with E-state index >= 15 is 0 Å². The normalized spacial score (nSPS) is 11.4. The molecule has 0 saturated carbocycles. The Balaban J connectivity index is 0.00000432. The third kappa shape index (κ3) is 8.45. The van der Waals surface area contributed by atoms with Gasteiger partial charge in [0.1, 0.15) is 0 Å². The van der Waals surface area contributed by atoms with Crippen LogP contribution in [0.2, 0.25) is 5.02 Å². The van der Waals surface area contributed by atoms with Gasteiger partial charge >= 0.3 is 18.9 Å². The van der Waals surface area contributed by atoms with E-state index in [1.165, 1.54) is 11.8 Å². The molecule has 0 aliphatic rings. The van der Waals surface area contributed by atoms with Crippen molar-refractivity contribution in [3.63, 3.8) is 0 Å². The van der Waals surface area contributed by atoms with Crippen LogP contribution in [0.1, 0.15) is 33.5 Å². The molecule has 0 heterocycles. The monoisotopic (exact) mass is 503 g/mol. The number of thioether (sulfide) groups is 1. The van der Waals surface area contributed by atoms with E-state index < -0.39 is 17.9 Å². The van der Waals surface area contributed by atoms with Crippen LogP contribution in [0.4, 0.5) is 0 Å². The van der Waals surface area contributed by atoms with Crippen molar-refractivity contribution >= 4 is 35.2 Å². The molecule has 3 aromatic rings. The molecule has 0 aliphatic carbocycles. The van der Waals surface area contributed by atoms with Crippen molar-refractivity contribution in [2.24, 2.45) is 0 Å². The summed E-state index contributed by atoms with van der Waals surface area (Å²) in [7, 11) is 0. The number of nitrogens with one attached hydrogen (secondary N) is 1. The van der Waals surface area contributed by atoms with Gasteiger partial charge in [0, 0.05) is 10.6 Å². The van der Waals surface area contributed by atoms with Crippen molar-refractivity contribution in [2.45, 2.75) is 32.6 Å². The maximum atomic E-state index is 13.1. The Bertz CT molecular complexity index is 1160. The van der Waals surface area contributed by atoms with Gasteiger partial charge in [0.2, 0.25) is 0 Å². The van der Waals surface area contributed by atoms with Gasteiger partial charge in [0.25, 0.3) is 5.91 Å². The summed E-state index contributed by atoms with van der Waals surface area (Å²) in [4.78, 5) is 24.6.